The van der Waals surface area contributed by atoms with Crippen molar-refractivity contribution >= 4 is 12.9 Å². The van der Waals surface area contributed by atoms with Gasteiger partial charge in [-0.25, -0.2) is 0 Å². The van der Waals surface area contributed by atoms with Crippen LogP contribution in [0.3, 0.4) is 0 Å². The summed E-state index contributed by atoms with van der Waals surface area (Å²) >= 11 is 0. The minimum atomic E-state index is -0.242. The molecule has 1 saturated heterocycles. The number of aliphatic imine (C=N–C) groups is 2. The molecule has 6 nitrogen and oxygen atoms in total. The summed E-state index contributed by atoms with van der Waals surface area (Å²) in [5.74, 6) is 0.293. The van der Waals surface area contributed by atoms with Gasteiger partial charge in [0.05, 0.1) is 6.10 Å². The van der Waals surface area contributed by atoms with Crippen molar-refractivity contribution in [2.75, 3.05) is 39.3 Å². The summed E-state index contributed by atoms with van der Waals surface area (Å²) in [6, 6.07) is 7.37. The van der Waals surface area contributed by atoms with E-state index in [0.29, 0.717) is 0 Å². The summed E-state index contributed by atoms with van der Waals surface area (Å²) < 4.78 is 6.13. The van der Waals surface area contributed by atoms with Gasteiger partial charge in [-0.1, -0.05) is 37.3 Å². The molecule has 33 heavy (non-hydrogen) atoms. The number of benzene rings is 1. The minimum Gasteiger partial charge on any atom is -0.508 e. The van der Waals surface area contributed by atoms with Crippen LogP contribution < -0.4 is 5.32 Å². The number of nitrogens with zero attached hydrogens (tertiary/aromatic N) is 3. The molecule has 6 heteroatoms. The van der Waals surface area contributed by atoms with Gasteiger partial charge in [0.1, 0.15) is 11.9 Å². The molecule has 1 fully saturated rings. The smallest absolute Gasteiger partial charge is 0.149 e. The largest absolute Gasteiger partial charge is 0.508 e. The van der Waals surface area contributed by atoms with Gasteiger partial charge in [0.15, 0.2) is 0 Å². The second-order valence-corrected chi connectivity index (χ2v) is 8.84. The number of phenolic OH excluding ortho intramolecular Hbond substituents is 1. The Bertz CT molecular complexity index is 926. The molecule has 0 amide bonds. The number of piperazine rings is 1. The van der Waals surface area contributed by atoms with Crippen LogP contribution in [-0.2, 0) is 4.74 Å². The molecule has 2 heterocycles. The molecule has 1 aromatic carbocycles. The van der Waals surface area contributed by atoms with Crippen LogP contribution in [0.1, 0.15) is 37.7 Å². The highest BCUT2D eigenvalue weighted by Crippen LogP contribution is 2.39. The van der Waals surface area contributed by atoms with Crippen molar-refractivity contribution in [2.24, 2.45) is 9.98 Å². The van der Waals surface area contributed by atoms with Crippen LogP contribution in [0.5, 0.6) is 5.75 Å². The molecular formula is C27H36N4O2. The number of hydrogen-bond acceptors (Lipinski definition) is 6. The molecule has 0 aromatic heterocycles. The Labute approximate surface area is 197 Å². The summed E-state index contributed by atoms with van der Waals surface area (Å²) in [5, 5.41) is 13.1. The molecule has 3 aliphatic rings. The topological polar surface area (TPSA) is 69.5 Å². The summed E-state index contributed by atoms with van der Waals surface area (Å²) in [5.41, 5.74) is 4.77. The fourth-order valence-electron chi connectivity index (χ4n) is 4.93. The van der Waals surface area contributed by atoms with Gasteiger partial charge in [-0.3, -0.25) is 9.98 Å². The molecule has 1 aromatic rings. The predicted octanol–water partition coefficient (Wildman–Crippen LogP) is 3.86. The van der Waals surface area contributed by atoms with Gasteiger partial charge in [-0.05, 0) is 60.4 Å². The van der Waals surface area contributed by atoms with Crippen LogP contribution in [0, 0.1) is 0 Å². The van der Waals surface area contributed by atoms with Crippen LogP contribution in [0.4, 0.5) is 0 Å². The highest BCUT2D eigenvalue weighted by atomic mass is 16.5. The summed E-state index contributed by atoms with van der Waals surface area (Å²) in [4.78, 5) is 11.5. The molecule has 4 rings (SSSR count). The molecule has 176 valence electrons. The maximum atomic E-state index is 9.71. The van der Waals surface area contributed by atoms with Crippen molar-refractivity contribution in [3.05, 3.63) is 64.8 Å². The molecule has 1 aliphatic carbocycles. The lowest BCUT2D eigenvalue weighted by molar-refractivity contribution is 0.0763. The molecule has 2 N–H and O–H groups in total. The lowest BCUT2D eigenvalue weighted by Crippen LogP contribution is -2.43. The van der Waals surface area contributed by atoms with Crippen LogP contribution in [-0.4, -0.2) is 74.5 Å². The van der Waals surface area contributed by atoms with E-state index in [4.69, 9.17) is 9.73 Å². The van der Waals surface area contributed by atoms with E-state index in [1.54, 1.807) is 12.1 Å². The lowest BCUT2D eigenvalue weighted by Gasteiger charge is -2.30. The molecule has 2 aliphatic heterocycles. The van der Waals surface area contributed by atoms with Gasteiger partial charge in [0.2, 0.25) is 0 Å². The second kappa shape index (κ2) is 11.5. The lowest BCUT2D eigenvalue weighted by atomic mass is 9.80. The third-order valence-corrected chi connectivity index (χ3v) is 6.73. The predicted molar refractivity (Wildman–Crippen MR) is 136 cm³/mol. The van der Waals surface area contributed by atoms with E-state index in [1.165, 1.54) is 16.7 Å². The van der Waals surface area contributed by atoms with Crippen LogP contribution in [0.25, 0.3) is 0 Å². The first kappa shape index (κ1) is 23.6. The molecule has 0 radical (unpaired) electrons. The number of aromatic hydroxyl groups is 1. The van der Waals surface area contributed by atoms with Gasteiger partial charge in [-0.15, -0.1) is 0 Å². The van der Waals surface area contributed by atoms with Crippen LogP contribution in [0.2, 0.25) is 0 Å². The van der Waals surface area contributed by atoms with Gasteiger partial charge in [0, 0.05) is 51.5 Å². The average molecular weight is 449 g/mol. The van der Waals surface area contributed by atoms with Crippen molar-refractivity contribution in [2.45, 2.75) is 44.4 Å². The van der Waals surface area contributed by atoms with E-state index in [0.717, 1.165) is 64.2 Å². The number of nitrogens with one attached hydrogen (secondary N) is 1. The Kier molecular flexibility index (Phi) is 8.26. The maximum Gasteiger partial charge on any atom is 0.149 e. The molecule has 3 unspecified atom stereocenters. The third-order valence-electron chi connectivity index (χ3n) is 6.73. The van der Waals surface area contributed by atoms with E-state index in [9.17, 15) is 5.11 Å². The first-order valence-corrected chi connectivity index (χ1v) is 12.1. The average Bonchev–Trinajstić information content (AvgIpc) is 2.87. The van der Waals surface area contributed by atoms with Crippen molar-refractivity contribution in [3.8, 4) is 5.75 Å². The monoisotopic (exact) mass is 448 g/mol. The number of rotatable bonds is 9. The standard InChI is InChI=1S/C27H36N4O2/c1-3-24-25(19-30-27(28-2)26(24)21-5-9-22(32)10-6-21)20-7-11-23(12-8-20)33-18-4-15-31-16-13-29-14-17-31/h5-11,19,23,26-27,29,32H,2-4,12-18H2,1H3. The molecule has 0 saturated carbocycles. The van der Waals surface area contributed by atoms with Crippen molar-refractivity contribution in [1.82, 2.24) is 10.2 Å². The second-order valence-electron chi connectivity index (χ2n) is 8.84. The Hall–Kier alpha value is -2.54. The molecule has 0 spiro atoms. The number of allylic oxidation sites excluding steroid dienone is 3. The summed E-state index contributed by atoms with van der Waals surface area (Å²) in [6.45, 7) is 12.3. The van der Waals surface area contributed by atoms with Crippen LogP contribution in [0.15, 0.2) is 69.2 Å². The van der Waals surface area contributed by atoms with E-state index in [1.807, 2.05) is 18.3 Å². The maximum absolute atomic E-state index is 9.71. The quantitative estimate of drug-likeness (QED) is 0.445. The molecule has 3 atom stereocenters. The highest BCUT2D eigenvalue weighted by molar-refractivity contribution is 5.89. The number of phenols is 1. The van der Waals surface area contributed by atoms with Gasteiger partial charge in [-0.2, -0.15) is 0 Å². The zero-order valence-electron chi connectivity index (χ0n) is 19.6. The molecule has 0 bridgehead atoms. The Morgan fingerprint density at radius 3 is 2.70 bits per heavy atom. The van der Waals surface area contributed by atoms with E-state index >= 15 is 0 Å². The van der Waals surface area contributed by atoms with Gasteiger partial charge in [0.25, 0.3) is 0 Å². The first-order chi connectivity index (χ1) is 16.2. The summed E-state index contributed by atoms with van der Waals surface area (Å²) in [7, 11) is 0. The van der Waals surface area contributed by atoms with Gasteiger partial charge < -0.3 is 20.1 Å². The number of ether oxygens (including phenoxy) is 1. The normalized spacial score (nSPS) is 25.8. The van der Waals surface area contributed by atoms with Crippen molar-refractivity contribution in [1.29, 1.82) is 0 Å². The first-order valence-electron chi connectivity index (χ1n) is 12.1. The minimum absolute atomic E-state index is 0.0290. The Morgan fingerprint density at radius 2 is 2.03 bits per heavy atom. The fourth-order valence-corrected chi connectivity index (χ4v) is 4.93. The highest BCUT2D eigenvalue weighted by Gasteiger charge is 2.30. The Balaban J connectivity index is 1.39. The van der Waals surface area contributed by atoms with E-state index in [-0.39, 0.29) is 23.9 Å². The van der Waals surface area contributed by atoms with E-state index < -0.39 is 0 Å². The zero-order valence-corrected chi connectivity index (χ0v) is 19.6. The number of hydrogen-bond donors (Lipinski definition) is 2. The summed E-state index contributed by atoms with van der Waals surface area (Å²) in [6.07, 6.45) is 11.3. The Morgan fingerprint density at radius 1 is 1.24 bits per heavy atom. The van der Waals surface area contributed by atoms with E-state index in [2.05, 4.69) is 47.1 Å². The number of dihydropyridines is 1. The van der Waals surface area contributed by atoms with Crippen molar-refractivity contribution in [3.63, 3.8) is 0 Å². The van der Waals surface area contributed by atoms with Crippen molar-refractivity contribution < 1.29 is 9.84 Å². The SMILES string of the molecule is C=NC1N=CC(C2=CCC(OCCCN3CCNCC3)C=C2)=C(CC)C1c1ccc(O)cc1. The third kappa shape index (κ3) is 5.88. The van der Waals surface area contributed by atoms with Gasteiger partial charge >= 0.3 is 0 Å². The molecular weight excluding hydrogens is 412 g/mol. The van der Waals surface area contributed by atoms with Crippen LogP contribution >= 0.6 is 0 Å². The fraction of sp³-hybridized carbons (Fsp3) is 0.481. The zero-order chi connectivity index (χ0) is 23.0.